The van der Waals surface area contributed by atoms with E-state index in [2.05, 4.69) is 19.9 Å². The van der Waals surface area contributed by atoms with Gasteiger partial charge in [0.1, 0.15) is 0 Å². The summed E-state index contributed by atoms with van der Waals surface area (Å²) in [5.74, 6) is 1.89. The molecule has 11 heteroatoms. The van der Waals surface area contributed by atoms with E-state index >= 15 is 0 Å². The molecule has 1 aromatic carbocycles. The van der Waals surface area contributed by atoms with Gasteiger partial charge in [-0.3, -0.25) is 14.2 Å². The molecule has 0 radical (unpaired) electrons. The molecule has 0 bridgehead atoms. The number of rotatable bonds is 5. The van der Waals surface area contributed by atoms with Crippen LogP contribution >= 0.6 is 12.2 Å². The first kappa shape index (κ1) is 20.4. The molecule has 32 heavy (non-hydrogen) atoms. The highest BCUT2D eigenvalue weighted by atomic mass is 32.1. The van der Waals surface area contributed by atoms with Crippen LogP contribution in [0.1, 0.15) is 12.8 Å². The van der Waals surface area contributed by atoms with Gasteiger partial charge in [-0.25, -0.2) is 9.97 Å². The molecular formula is C21H22N6O4S. The standard InChI is InChI=1S/C21H22N6O4S/c28-18(25-7-9-26(10-8-25)20-22-4-2-5-23-20)3-1-6-27-19(29)14-11-16-17(31-13-30-16)12-15(14)24-21(27)32/h2,4-5,11-12H,1,3,6-10,13H2,(H,24,32). The number of carbonyl (C=O) groups excluding carboxylic acids is 1. The van der Waals surface area contributed by atoms with E-state index in [4.69, 9.17) is 21.7 Å². The van der Waals surface area contributed by atoms with Crippen molar-refractivity contribution in [1.82, 2.24) is 24.4 Å². The van der Waals surface area contributed by atoms with E-state index in [0.717, 1.165) is 0 Å². The summed E-state index contributed by atoms with van der Waals surface area (Å²) in [7, 11) is 0. The lowest BCUT2D eigenvalue weighted by atomic mass is 10.2. The van der Waals surface area contributed by atoms with E-state index in [1.165, 1.54) is 4.57 Å². The number of nitrogens with one attached hydrogen (secondary N) is 1. The minimum Gasteiger partial charge on any atom is -0.454 e. The first-order chi connectivity index (χ1) is 15.6. The van der Waals surface area contributed by atoms with Gasteiger partial charge in [-0.05, 0) is 30.8 Å². The highest BCUT2D eigenvalue weighted by Gasteiger charge is 2.22. The van der Waals surface area contributed by atoms with Crippen molar-refractivity contribution in [2.45, 2.75) is 19.4 Å². The molecule has 166 valence electrons. The molecule has 0 unspecified atom stereocenters. The fourth-order valence-corrected chi connectivity index (χ4v) is 4.29. The Morgan fingerprint density at radius 2 is 1.81 bits per heavy atom. The van der Waals surface area contributed by atoms with Gasteiger partial charge < -0.3 is 24.3 Å². The van der Waals surface area contributed by atoms with Gasteiger partial charge in [-0.15, -0.1) is 0 Å². The summed E-state index contributed by atoms with van der Waals surface area (Å²) >= 11 is 5.38. The lowest BCUT2D eigenvalue weighted by Crippen LogP contribution is -2.49. The molecule has 1 amide bonds. The molecule has 3 aromatic rings. The minimum atomic E-state index is -0.203. The Balaban J connectivity index is 1.20. The average Bonchev–Trinajstić information content (AvgIpc) is 3.28. The summed E-state index contributed by atoms with van der Waals surface area (Å²) in [5.41, 5.74) is 0.405. The molecule has 1 fully saturated rings. The van der Waals surface area contributed by atoms with Crippen molar-refractivity contribution in [1.29, 1.82) is 0 Å². The fourth-order valence-electron chi connectivity index (χ4n) is 4.00. The third kappa shape index (κ3) is 3.91. The predicted molar refractivity (Wildman–Crippen MR) is 120 cm³/mol. The fraction of sp³-hybridized carbons (Fsp3) is 0.381. The van der Waals surface area contributed by atoms with Crippen LogP contribution in [0.5, 0.6) is 11.5 Å². The molecule has 0 atom stereocenters. The van der Waals surface area contributed by atoms with Crippen molar-refractivity contribution in [2.75, 3.05) is 37.9 Å². The molecule has 10 nitrogen and oxygen atoms in total. The summed E-state index contributed by atoms with van der Waals surface area (Å²) in [6.07, 6.45) is 4.30. The van der Waals surface area contributed by atoms with Gasteiger partial charge in [0.05, 0.1) is 10.9 Å². The van der Waals surface area contributed by atoms with Gasteiger partial charge in [-0.1, -0.05) is 0 Å². The van der Waals surface area contributed by atoms with Crippen molar-refractivity contribution >= 4 is 35.0 Å². The molecule has 1 N–H and O–H groups in total. The third-order valence-electron chi connectivity index (χ3n) is 5.71. The first-order valence-corrected chi connectivity index (χ1v) is 10.9. The highest BCUT2D eigenvalue weighted by molar-refractivity contribution is 7.71. The van der Waals surface area contributed by atoms with E-state index < -0.39 is 0 Å². The molecule has 1 saturated heterocycles. The smallest absolute Gasteiger partial charge is 0.262 e. The van der Waals surface area contributed by atoms with Crippen LogP contribution in [0.3, 0.4) is 0 Å². The summed E-state index contributed by atoms with van der Waals surface area (Å²) in [6.45, 7) is 3.14. The van der Waals surface area contributed by atoms with E-state index in [1.54, 1.807) is 30.6 Å². The monoisotopic (exact) mass is 454 g/mol. The Morgan fingerprint density at radius 3 is 2.56 bits per heavy atom. The lowest BCUT2D eigenvalue weighted by molar-refractivity contribution is -0.131. The molecule has 2 aromatic heterocycles. The van der Waals surface area contributed by atoms with Crippen LogP contribution in [-0.2, 0) is 11.3 Å². The normalized spacial score (nSPS) is 15.4. The van der Waals surface area contributed by atoms with E-state index in [9.17, 15) is 9.59 Å². The number of anilines is 1. The van der Waals surface area contributed by atoms with Crippen molar-refractivity contribution in [3.63, 3.8) is 0 Å². The van der Waals surface area contributed by atoms with Gasteiger partial charge in [0.25, 0.3) is 5.56 Å². The molecule has 0 aliphatic carbocycles. The summed E-state index contributed by atoms with van der Waals surface area (Å²) in [5, 5.41) is 0.480. The van der Waals surface area contributed by atoms with Crippen LogP contribution < -0.4 is 19.9 Å². The second-order valence-electron chi connectivity index (χ2n) is 7.66. The Morgan fingerprint density at radius 1 is 1.09 bits per heavy atom. The number of hydrogen-bond donors (Lipinski definition) is 1. The van der Waals surface area contributed by atoms with Crippen LogP contribution in [0, 0.1) is 4.77 Å². The first-order valence-electron chi connectivity index (χ1n) is 10.5. The molecule has 2 aliphatic rings. The predicted octanol–water partition coefficient (Wildman–Crippen LogP) is 1.71. The van der Waals surface area contributed by atoms with Gasteiger partial charge in [0.15, 0.2) is 16.3 Å². The topological polar surface area (TPSA) is 106 Å². The third-order valence-corrected chi connectivity index (χ3v) is 6.04. The van der Waals surface area contributed by atoms with Crippen molar-refractivity contribution < 1.29 is 14.3 Å². The maximum Gasteiger partial charge on any atom is 0.262 e. The van der Waals surface area contributed by atoms with Gasteiger partial charge >= 0.3 is 0 Å². The number of ether oxygens (including phenoxy) is 2. The summed E-state index contributed by atoms with van der Waals surface area (Å²) in [6, 6.07) is 5.18. The second kappa shape index (κ2) is 8.58. The van der Waals surface area contributed by atoms with Crippen molar-refractivity contribution in [3.8, 4) is 11.5 Å². The molecule has 0 spiro atoms. The molecule has 0 saturated carbocycles. The van der Waals surface area contributed by atoms with Crippen LogP contribution in [0.4, 0.5) is 5.95 Å². The summed E-state index contributed by atoms with van der Waals surface area (Å²) in [4.78, 5) is 41.2. The zero-order valence-electron chi connectivity index (χ0n) is 17.3. The number of amides is 1. The van der Waals surface area contributed by atoms with Crippen LogP contribution in [0.25, 0.3) is 10.9 Å². The van der Waals surface area contributed by atoms with Crippen molar-refractivity contribution in [2.24, 2.45) is 0 Å². The van der Waals surface area contributed by atoms with Gasteiger partial charge in [0, 0.05) is 57.6 Å². The Hall–Kier alpha value is -3.47. The SMILES string of the molecule is O=C(CCCn1c(=S)[nH]c2cc3c(cc2c1=O)OCO3)N1CCN(c2ncccn2)CC1. The molecular weight excluding hydrogens is 432 g/mol. The van der Waals surface area contributed by atoms with Gasteiger partial charge in [-0.2, -0.15) is 0 Å². The highest BCUT2D eigenvalue weighted by Crippen LogP contribution is 2.34. The molecule has 2 aliphatic heterocycles. The number of piperazine rings is 1. The maximum atomic E-state index is 13.0. The average molecular weight is 455 g/mol. The minimum absolute atomic E-state index is 0.0748. The van der Waals surface area contributed by atoms with E-state index in [-0.39, 0.29) is 18.3 Å². The number of benzene rings is 1. The number of fused-ring (bicyclic) bond motifs is 2. The van der Waals surface area contributed by atoms with Crippen LogP contribution in [-0.4, -0.2) is 63.3 Å². The number of carbonyl (C=O) groups is 1. The van der Waals surface area contributed by atoms with Gasteiger partial charge in [0.2, 0.25) is 18.6 Å². The number of nitrogens with zero attached hydrogens (tertiary/aromatic N) is 5. The Labute approximate surface area is 188 Å². The number of aromatic nitrogens is 4. The maximum absolute atomic E-state index is 13.0. The molecule has 4 heterocycles. The number of aromatic amines is 1. The van der Waals surface area contributed by atoms with Crippen molar-refractivity contribution in [3.05, 3.63) is 45.7 Å². The zero-order valence-corrected chi connectivity index (χ0v) is 18.1. The summed E-state index contributed by atoms with van der Waals surface area (Å²) < 4.78 is 12.6. The van der Waals surface area contributed by atoms with Crippen LogP contribution in [0.15, 0.2) is 35.4 Å². The second-order valence-corrected chi connectivity index (χ2v) is 8.04. The van der Waals surface area contributed by atoms with E-state index in [0.29, 0.717) is 78.7 Å². The van der Waals surface area contributed by atoms with Crippen LogP contribution in [0.2, 0.25) is 0 Å². The number of H-pyrrole nitrogens is 1. The largest absolute Gasteiger partial charge is 0.454 e. The quantitative estimate of drug-likeness (QED) is 0.581. The van der Waals surface area contributed by atoms with E-state index in [1.807, 2.05) is 4.90 Å². The Kier molecular flexibility index (Phi) is 5.48. The molecule has 5 rings (SSSR count). The Bertz CT molecular complexity index is 1270. The zero-order chi connectivity index (χ0) is 22.1. The lowest BCUT2D eigenvalue weighted by Gasteiger charge is -2.34. The number of hydrogen-bond acceptors (Lipinski definition) is 8.